The second kappa shape index (κ2) is 4.87. The predicted octanol–water partition coefficient (Wildman–Crippen LogP) is 2.86. The number of aryl methyl sites for hydroxylation is 1. The number of aromatic nitrogens is 2. The van der Waals surface area contributed by atoms with E-state index in [9.17, 15) is 10.1 Å². The first-order valence-corrected chi connectivity index (χ1v) is 7.12. The van der Waals surface area contributed by atoms with E-state index in [1.54, 1.807) is 19.1 Å². The second-order valence-corrected chi connectivity index (χ2v) is 5.56. The lowest BCUT2D eigenvalue weighted by atomic mass is 9.97. The molecule has 0 unspecified atom stereocenters. The van der Waals surface area contributed by atoms with Gasteiger partial charge in [-0.3, -0.25) is 10.1 Å². The zero-order valence-corrected chi connectivity index (χ0v) is 12.2. The van der Waals surface area contributed by atoms with Crippen LogP contribution in [-0.4, -0.2) is 14.7 Å². The molecule has 1 aromatic heterocycles. The molecule has 21 heavy (non-hydrogen) atoms. The van der Waals surface area contributed by atoms with Crippen molar-refractivity contribution in [2.45, 2.75) is 39.5 Å². The van der Waals surface area contributed by atoms with Gasteiger partial charge in [0.15, 0.2) is 0 Å². The summed E-state index contributed by atoms with van der Waals surface area (Å²) in [4.78, 5) is 10.8. The minimum absolute atomic E-state index is 0.120. The van der Waals surface area contributed by atoms with Crippen molar-refractivity contribution >= 4 is 11.5 Å². The molecule has 0 amide bonds. The lowest BCUT2D eigenvalue weighted by Gasteiger charge is -2.16. The average Bonchev–Trinajstić information content (AvgIpc) is 2.76. The van der Waals surface area contributed by atoms with Crippen molar-refractivity contribution in [3.63, 3.8) is 0 Å². The molecule has 6 nitrogen and oxygen atoms in total. The Bertz CT molecular complexity index is 734. The van der Waals surface area contributed by atoms with Crippen LogP contribution in [0.1, 0.15) is 35.2 Å². The molecule has 3 rings (SSSR count). The standard InChI is InChI=1S/C15H18N4O2/c1-9-7-8-12(19(20)21)10(2)14(9)18-13-6-4-3-5-11(13)15(16)17-18/h7-8H,3-6H2,1-2H3,(H2,16,17). The maximum Gasteiger partial charge on any atom is 0.274 e. The van der Waals surface area contributed by atoms with Gasteiger partial charge in [0, 0.05) is 17.3 Å². The van der Waals surface area contributed by atoms with Gasteiger partial charge in [-0.15, -0.1) is 0 Å². The highest BCUT2D eigenvalue weighted by molar-refractivity contribution is 5.59. The first-order chi connectivity index (χ1) is 10.0. The van der Waals surface area contributed by atoms with Crippen LogP contribution in [0.3, 0.4) is 0 Å². The van der Waals surface area contributed by atoms with Crippen molar-refractivity contribution in [3.8, 4) is 5.69 Å². The van der Waals surface area contributed by atoms with E-state index in [2.05, 4.69) is 5.10 Å². The van der Waals surface area contributed by atoms with Crippen LogP contribution >= 0.6 is 0 Å². The molecule has 0 radical (unpaired) electrons. The number of hydrogen-bond acceptors (Lipinski definition) is 4. The van der Waals surface area contributed by atoms with Gasteiger partial charge in [0.05, 0.1) is 16.2 Å². The lowest BCUT2D eigenvalue weighted by molar-refractivity contribution is -0.385. The van der Waals surface area contributed by atoms with Crippen molar-refractivity contribution in [3.05, 3.63) is 44.6 Å². The number of rotatable bonds is 2. The molecule has 0 aliphatic heterocycles. The maximum absolute atomic E-state index is 11.2. The summed E-state index contributed by atoms with van der Waals surface area (Å²) in [5.74, 6) is 0.551. The largest absolute Gasteiger partial charge is 0.382 e. The number of benzene rings is 1. The molecular formula is C15H18N4O2. The summed E-state index contributed by atoms with van der Waals surface area (Å²) < 4.78 is 1.82. The van der Waals surface area contributed by atoms with Crippen LogP contribution < -0.4 is 5.73 Å². The van der Waals surface area contributed by atoms with Gasteiger partial charge in [0.25, 0.3) is 5.69 Å². The minimum atomic E-state index is -0.350. The number of anilines is 1. The lowest BCUT2D eigenvalue weighted by Crippen LogP contribution is -2.11. The van der Waals surface area contributed by atoms with Gasteiger partial charge < -0.3 is 5.73 Å². The molecular weight excluding hydrogens is 268 g/mol. The summed E-state index contributed by atoms with van der Waals surface area (Å²) in [6, 6.07) is 3.32. The molecule has 0 saturated heterocycles. The Balaban J connectivity index is 2.26. The minimum Gasteiger partial charge on any atom is -0.382 e. The zero-order chi connectivity index (χ0) is 15.1. The smallest absolute Gasteiger partial charge is 0.274 e. The quantitative estimate of drug-likeness (QED) is 0.679. The molecule has 1 aliphatic rings. The van der Waals surface area contributed by atoms with Gasteiger partial charge in [-0.2, -0.15) is 5.10 Å². The fourth-order valence-corrected chi connectivity index (χ4v) is 3.16. The second-order valence-electron chi connectivity index (χ2n) is 5.56. The van der Waals surface area contributed by atoms with Gasteiger partial charge in [0.1, 0.15) is 5.82 Å². The Morgan fingerprint density at radius 1 is 1.29 bits per heavy atom. The number of nitrogens with zero attached hydrogens (tertiary/aromatic N) is 3. The number of nitro benzene ring substituents is 1. The van der Waals surface area contributed by atoms with E-state index in [0.717, 1.165) is 48.2 Å². The number of hydrogen-bond donors (Lipinski definition) is 1. The van der Waals surface area contributed by atoms with Gasteiger partial charge in [-0.1, -0.05) is 6.07 Å². The van der Waals surface area contributed by atoms with Crippen LogP contribution in [0.5, 0.6) is 0 Å². The highest BCUT2D eigenvalue weighted by atomic mass is 16.6. The third-order valence-electron chi connectivity index (χ3n) is 4.22. The zero-order valence-electron chi connectivity index (χ0n) is 12.2. The monoisotopic (exact) mass is 286 g/mol. The van der Waals surface area contributed by atoms with Crippen LogP contribution in [0.25, 0.3) is 5.69 Å². The molecule has 0 bridgehead atoms. The van der Waals surface area contributed by atoms with Crippen LogP contribution in [0, 0.1) is 24.0 Å². The fraction of sp³-hybridized carbons (Fsp3) is 0.400. The fourth-order valence-electron chi connectivity index (χ4n) is 3.16. The Morgan fingerprint density at radius 3 is 2.71 bits per heavy atom. The SMILES string of the molecule is Cc1ccc([N+](=O)[O-])c(C)c1-n1nc(N)c2c1CCCC2. The molecule has 0 spiro atoms. The molecule has 1 heterocycles. The van der Waals surface area contributed by atoms with E-state index in [0.29, 0.717) is 11.4 Å². The molecule has 2 N–H and O–H groups in total. The first-order valence-electron chi connectivity index (χ1n) is 7.12. The van der Waals surface area contributed by atoms with E-state index in [-0.39, 0.29) is 10.6 Å². The summed E-state index contributed by atoms with van der Waals surface area (Å²) in [7, 11) is 0. The van der Waals surface area contributed by atoms with Crippen molar-refractivity contribution in [2.24, 2.45) is 0 Å². The van der Waals surface area contributed by atoms with Crippen LogP contribution in [-0.2, 0) is 12.8 Å². The highest BCUT2D eigenvalue weighted by Crippen LogP contribution is 2.33. The Kier molecular flexibility index (Phi) is 3.16. The van der Waals surface area contributed by atoms with Crippen LogP contribution in [0.15, 0.2) is 12.1 Å². The average molecular weight is 286 g/mol. The summed E-state index contributed by atoms with van der Waals surface area (Å²) in [5, 5.41) is 15.6. The number of nitro groups is 1. The molecule has 0 atom stereocenters. The summed E-state index contributed by atoms with van der Waals surface area (Å²) in [6.45, 7) is 3.71. The Hall–Kier alpha value is -2.37. The molecule has 2 aromatic rings. The number of nitrogens with two attached hydrogens (primary N) is 1. The molecule has 110 valence electrons. The van der Waals surface area contributed by atoms with Gasteiger partial charge in [-0.25, -0.2) is 4.68 Å². The van der Waals surface area contributed by atoms with Crippen molar-refractivity contribution in [1.82, 2.24) is 9.78 Å². The molecule has 6 heteroatoms. The predicted molar refractivity (Wildman–Crippen MR) is 80.7 cm³/mol. The number of fused-ring (bicyclic) bond motifs is 1. The van der Waals surface area contributed by atoms with E-state index in [1.807, 2.05) is 11.6 Å². The van der Waals surface area contributed by atoms with Gasteiger partial charge in [-0.05, 0) is 45.1 Å². The van der Waals surface area contributed by atoms with Crippen molar-refractivity contribution in [2.75, 3.05) is 5.73 Å². The third-order valence-corrected chi connectivity index (χ3v) is 4.22. The topological polar surface area (TPSA) is 87.0 Å². The molecule has 1 aliphatic carbocycles. The highest BCUT2D eigenvalue weighted by Gasteiger charge is 2.24. The van der Waals surface area contributed by atoms with E-state index >= 15 is 0 Å². The summed E-state index contributed by atoms with van der Waals surface area (Å²) in [6.07, 6.45) is 4.08. The number of nitrogen functional groups attached to an aromatic ring is 1. The van der Waals surface area contributed by atoms with E-state index in [1.165, 1.54) is 0 Å². The van der Waals surface area contributed by atoms with Crippen molar-refractivity contribution in [1.29, 1.82) is 0 Å². The summed E-state index contributed by atoms with van der Waals surface area (Å²) in [5.41, 5.74) is 10.7. The van der Waals surface area contributed by atoms with Gasteiger partial charge in [0.2, 0.25) is 0 Å². The van der Waals surface area contributed by atoms with Crippen molar-refractivity contribution < 1.29 is 4.92 Å². The van der Waals surface area contributed by atoms with Crippen LogP contribution in [0.2, 0.25) is 0 Å². The summed E-state index contributed by atoms with van der Waals surface area (Å²) >= 11 is 0. The van der Waals surface area contributed by atoms with Gasteiger partial charge >= 0.3 is 0 Å². The third kappa shape index (κ3) is 2.07. The normalized spacial score (nSPS) is 14.0. The molecule has 0 saturated carbocycles. The van der Waals surface area contributed by atoms with E-state index < -0.39 is 0 Å². The first kappa shape index (κ1) is 13.6. The van der Waals surface area contributed by atoms with Crippen LogP contribution in [0.4, 0.5) is 11.5 Å². The Morgan fingerprint density at radius 2 is 2.00 bits per heavy atom. The van der Waals surface area contributed by atoms with E-state index in [4.69, 9.17) is 5.73 Å². The molecule has 1 aromatic carbocycles. The Labute approximate surface area is 122 Å². The molecule has 0 fully saturated rings. The maximum atomic E-state index is 11.2.